The minimum absolute atomic E-state index is 0.0242. The summed E-state index contributed by atoms with van der Waals surface area (Å²) in [6.07, 6.45) is 1.48. The van der Waals surface area contributed by atoms with E-state index < -0.39 is 11.6 Å². The number of hydrogen-bond donors (Lipinski definition) is 0. The molecule has 150 valence electrons. The van der Waals surface area contributed by atoms with E-state index in [4.69, 9.17) is 4.74 Å². The fourth-order valence-corrected chi connectivity index (χ4v) is 2.94. The quantitative estimate of drug-likeness (QED) is 0.549. The van der Waals surface area contributed by atoms with Gasteiger partial charge in [-0.05, 0) is 43.4 Å². The van der Waals surface area contributed by atoms with Gasteiger partial charge in [0.25, 0.3) is 5.56 Å². The summed E-state index contributed by atoms with van der Waals surface area (Å²) < 4.78 is 21.2. The van der Waals surface area contributed by atoms with E-state index in [9.17, 15) is 14.0 Å². The first-order valence-corrected chi connectivity index (χ1v) is 9.26. The molecule has 0 aliphatic carbocycles. The van der Waals surface area contributed by atoms with Gasteiger partial charge in [0.1, 0.15) is 18.2 Å². The van der Waals surface area contributed by atoms with Crippen molar-refractivity contribution in [2.24, 2.45) is 0 Å². The summed E-state index contributed by atoms with van der Waals surface area (Å²) >= 11 is 0. The van der Waals surface area contributed by atoms with Gasteiger partial charge in [-0.15, -0.1) is 0 Å². The van der Waals surface area contributed by atoms with Crippen molar-refractivity contribution < 1.29 is 13.9 Å². The second-order valence-electron chi connectivity index (χ2n) is 7.08. The van der Waals surface area contributed by atoms with E-state index in [1.54, 1.807) is 12.1 Å². The lowest BCUT2D eigenvalue weighted by molar-refractivity contribution is 0.0966. The maximum absolute atomic E-state index is 14.3. The highest BCUT2D eigenvalue weighted by atomic mass is 19.1. The normalized spacial score (nSPS) is 10.9. The first-order valence-electron chi connectivity index (χ1n) is 9.26. The fourth-order valence-electron chi connectivity index (χ4n) is 2.94. The van der Waals surface area contributed by atoms with Gasteiger partial charge in [0.05, 0.1) is 12.1 Å². The molecule has 3 rings (SSSR count). The molecule has 5 nitrogen and oxygen atoms in total. The second-order valence-corrected chi connectivity index (χ2v) is 7.08. The van der Waals surface area contributed by atoms with E-state index >= 15 is 0 Å². The Hall–Kier alpha value is -3.25. The molecule has 6 heteroatoms. The van der Waals surface area contributed by atoms with Crippen LogP contribution in [0.1, 0.15) is 21.5 Å². The van der Waals surface area contributed by atoms with Gasteiger partial charge in [-0.3, -0.25) is 9.59 Å². The molecule has 0 saturated carbocycles. The van der Waals surface area contributed by atoms with Crippen LogP contribution in [0.25, 0.3) is 0 Å². The molecule has 1 heterocycles. The van der Waals surface area contributed by atoms with Crippen LogP contribution in [0.3, 0.4) is 0 Å². The number of Topliss-reactive ketones (excluding diaryl/α,β-unsaturated/α-hetero) is 1. The number of hydrogen-bond acceptors (Lipinski definition) is 4. The topological polar surface area (TPSA) is 51.5 Å². The van der Waals surface area contributed by atoms with Crippen molar-refractivity contribution in [3.05, 3.63) is 99.7 Å². The van der Waals surface area contributed by atoms with E-state index in [2.05, 4.69) is 0 Å². The number of carbonyl (C=O) groups is 1. The molecule has 0 saturated heterocycles. The van der Waals surface area contributed by atoms with Crippen molar-refractivity contribution >= 4 is 5.78 Å². The number of ketones is 1. The third-order valence-electron chi connectivity index (χ3n) is 4.36. The molecule has 0 fully saturated rings. The lowest BCUT2D eigenvalue weighted by Crippen LogP contribution is -2.23. The summed E-state index contributed by atoms with van der Waals surface area (Å²) in [4.78, 5) is 26.7. The minimum atomic E-state index is -0.579. The van der Waals surface area contributed by atoms with Gasteiger partial charge < -0.3 is 14.2 Å². The van der Waals surface area contributed by atoms with Crippen LogP contribution < -0.4 is 10.3 Å². The molecule has 0 aliphatic rings. The Labute approximate surface area is 169 Å². The molecule has 0 radical (unpaired) electrons. The number of rotatable bonds is 8. The molecule has 1 aromatic heterocycles. The van der Waals surface area contributed by atoms with Crippen LogP contribution in [0.5, 0.6) is 5.75 Å². The standard InChI is InChI=1S/C23H23FN2O3/c1-25(2)14-18-8-9-20(21(24)12-18)22(27)15-26-11-10-19(13-23(26)28)29-16-17-6-4-3-5-7-17/h3-13H,14-16H2,1-2H3. The monoisotopic (exact) mass is 394 g/mol. The Bertz CT molecular complexity index is 1050. The Morgan fingerprint density at radius 3 is 2.45 bits per heavy atom. The predicted molar refractivity (Wildman–Crippen MR) is 110 cm³/mol. The number of carbonyl (C=O) groups excluding carboxylic acids is 1. The number of aromatic nitrogens is 1. The van der Waals surface area contributed by atoms with Crippen LogP contribution in [0, 0.1) is 5.82 Å². The predicted octanol–water partition coefficient (Wildman–Crippen LogP) is 3.51. The number of ether oxygens (including phenoxy) is 1. The lowest BCUT2D eigenvalue weighted by atomic mass is 10.1. The molecule has 0 aliphatic heterocycles. The summed E-state index contributed by atoms with van der Waals surface area (Å²) in [6, 6.07) is 17.1. The average Bonchev–Trinajstić information content (AvgIpc) is 2.68. The Kier molecular flexibility index (Phi) is 6.57. The average molecular weight is 394 g/mol. The van der Waals surface area contributed by atoms with Crippen LogP contribution in [0.4, 0.5) is 4.39 Å². The number of nitrogens with zero attached hydrogens (tertiary/aromatic N) is 2. The first-order chi connectivity index (χ1) is 13.9. The highest BCUT2D eigenvalue weighted by Gasteiger charge is 2.14. The Balaban J connectivity index is 1.67. The molecule has 0 spiro atoms. The Morgan fingerprint density at radius 2 is 1.79 bits per heavy atom. The van der Waals surface area contributed by atoms with Gasteiger partial charge in [0.15, 0.2) is 5.78 Å². The molecule has 0 unspecified atom stereocenters. The third kappa shape index (κ3) is 5.62. The molecule has 2 aromatic carbocycles. The summed E-state index contributed by atoms with van der Waals surface area (Å²) in [5.74, 6) is -0.619. The van der Waals surface area contributed by atoms with Crippen LogP contribution >= 0.6 is 0 Å². The zero-order chi connectivity index (χ0) is 20.8. The van der Waals surface area contributed by atoms with Crippen LogP contribution in [-0.2, 0) is 19.7 Å². The summed E-state index contributed by atoms with van der Waals surface area (Å²) in [7, 11) is 3.77. The van der Waals surface area contributed by atoms with E-state index in [0.717, 1.165) is 11.1 Å². The van der Waals surface area contributed by atoms with Gasteiger partial charge in [-0.25, -0.2) is 4.39 Å². The molecular weight excluding hydrogens is 371 g/mol. The van der Waals surface area contributed by atoms with Crippen molar-refractivity contribution in [3.63, 3.8) is 0 Å². The van der Waals surface area contributed by atoms with Crippen molar-refractivity contribution in [1.82, 2.24) is 9.47 Å². The molecule has 29 heavy (non-hydrogen) atoms. The van der Waals surface area contributed by atoms with E-state index in [0.29, 0.717) is 18.9 Å². The van der Waals surface area contributed by atoms with Gasteiger partial charge in [-0.1, -0.05) is 36.4 Å². The Morgan fingerprint density at radius 1 is 1.03 bits per heavy atom. The highest BCUT2D eigenvalue weighted by Crippen LogP contribution is 2.14. The molecule has 0 bridgehead atoms. The maximum Gasteiger partial charge on any atom is 0.254 e. The number of benzene rings is 2. The number of pyridine rings is 1. The van der Waals surface area contributed by atoms with Gasteiger partial charge in [0, 0.05) is 18.8 Å². The van der Waals surface area contributed by atoms with Gasteiger partial charge in [0.2, 0.25) is 0 Å². The first kappa shape index (κ1) is 20.5. The highest BCUT2D eigenvalue weighted by molar-refractivity contribution is 5.96. The van der Waals surface area contributed by atoms with Gasteiger partial charge in [-0.2, -0.15) is 0 Å². The SMILES string of the molecule is CN(C)Cc1ccc(C(=O)Cn2ccc(OCc3ccccc3)cc2=O)c(F)c1. The zero-order valence-corrected chi connectivity index (χ0v) is 16.5. The summed E-state index contributed by atoms with van der Waals surface area (Å²) in [5, 5.41) is 0. The van der Waals surface area contributed by atoms with E-state index in [1.807, 2.05) is 49.3 Å². The van der Waals surface area contributed by atoms with Crippen molar-refractivity contribution in [2.45, 2.75) is 19.7 Å². The molecule has 0 atom stereocenters. The molecular formula is C23H23FN2O3. The van der Waals surface area contributed by atoms with E-state index in [1.165, 1.54) is 29.0 Å². The molecule has 3 aromatic rings. The van der Waals surface area contributed by atoms with Crippen LogP contribution in [0.2, 0.25) is 0 Å². The van der Waals surface area contributed by atoms with Crippen LogP contribution in [0.15, 0.2) is 71.7 Å². The number of halogens is 1. The lowest BCUT2D eigenvalue weighted by Gasteiger charge is -2.11. The molecule has 0 amide bonds. The minimum Gasteiger partial charge on any atom is -0.489 e. The molecule has 0 N–H and O–H groups in total. The second kappa shape index (κ2) is 9.30. The third-order valence-corrected chi connectivity index (χ3v) is 4.36. The van der Waals surface area contributed by atoms with Crippen LogP contribution in [-0.4, -0.2) is 29.3 Å². The summed E-state index contributed by atoms with van der Waals surface area (Å²) in [6.45, 7) is 0.685. The fraction of sp³-hybridized carbons (Fsp3) is 0.217. The van der Waals surface area contributed by atoms with Crippen molar-refractivity contribution in [3.8, 4) is 5.75 Å². The van der Waals surface area contributed by atoms with Gasteiger partial charge >= 0.3 is 0 Å². The van der Waals surface area contributed by atoms with E-state index in [-0.39, 0.29) is 17.7 Å². The van der Waals surface area contributed by atoms with Crippen molar-refractivity contribution in [1.29, 1.82) is 0 Å². The maximum atomic E-state index is 14.3. The summed E-state index contributed by atoms with van der Waals surface area (Å²) in [5.41, 5.74) is 1.36. The zero-order valence-electron chi connectivity index (χ0n) is 16.5. The largest absolute Gasteiger partial charge is 0.489 e. The smallest absolute Gasteiger partial charge is 0.254 e. The van der Waals surface area contributed by atoms with Crippen molar-refractivity contribution in [2.75, 3.05) is 14.1 Å².